The minimum absolute atomic E-state index is 0.206. The second-order valence-corrected chi connectivity index (χ2v) is 9.57. The molecule has 4 rings (SSSR count). The average Bonchev–Trinajstić information content (AvgIpc) is 2.89. The highest BCUT2D eigenvalue weighted by Gasteiger charge is 2.61. The third-order valence-corrected chi connectivity index (χ3v) is 8.40. The molecule has 27 heavy (non-hydrogen) atoms. The van der Waals surface area contributed by atoms with E-state index in [9.17, 15) is 19.7 Å². The molecule has 0 amide bonds. The average molecular weight is 375 g/mol. The van der Waals surface area contributed by atoms with Gasteiger partial charge in [0.25, 0.3) is 0 Å². The number of rotatable bonds is 2. The summed E-state index contributed by atoms with van der Waals surface area (Å²) in [6.45, 7) is 5.67. The number of esters is 1. The van der Waals surface area contributed by atoms with Gasteiger partial charge in [0.1, 0.15) is 11.9 Å². The number of allylic oxidation sites excluding steroid dienone is 1. The molecule has 0 bridgehead atoms. The minimum Gasteiger partial charge on any atom is -0.462 e. The first-order valence-corrected chi connectivity index (χ1v) is 10.2. The normalized spacial score (nSPS) is 43.6. The van der Waals surface area contributed by atoms with E-state index in [-0.39, 0.29) is 39.7 Å². The Morgan fingerprint density at radius 3 is 2.44 bits per heavy atom. The van der Waals surface area contributed by atoms with E-state index < -0.39 is 0 Å². The maximum absolute atomic E-state index is 12.5. The summed E-state index contributed by atoms with van der Waals surface area (Å²) < 4.78 is 5.41. The van der Waals surface area contributed by atoms with Crippen molar-refractivity contribution in [2.75, 3.05) is 0 Å². The molecule has 0 saturated heterocycles. The Hall–Kier alpha value is -1.72. The van der Waals surface area contributed by atoms with Crippen LogP contribution in [0.1, 0.15) is 72.1 Å². The highest BCUT2D eigenvalue weighted by molar-refractivity contribution is 5.87. The van der Waals surface area contributed by atoms with Gasteiger partial charge < -0.3 is 4.74 Å². The quantitative estimate of drug-likeness (QED) is 0.413. The number of hydrogen-bond acceptors (Lipinski definition) is 5. The first kappa shape index (κ1) is 18.6. The topological polar surface area (TPSA) is 86.5 Å². The number of carbonyl (C=O) groups is 2. The van der Waals surface area contributed by atoms with E-state index in [0.717, 1.165) is 37.7 Å². The van der Waals surface area contributed by atoms with Crippen LogP contribution in [0.4, 0.5) is 0 Å². The largest absolute Gasteiger partial charge is 0.462 e. The molecule has 4 aliphatic carbocycles. The summed E-state index contributed by atoms with van der Waals surface area (Å²) in [5.74, 6) is 0.905. The van der Waals surface area contributed by atoms with Gasteiger partial charge in [-0.1, -0.05) is 13.8 Å². The summed E-state index contributed by atoms with van der Waals surface area (Å²) in [7, 11) is 0. The van der Waals surface area contributed by atoms with E-state index in [1.54, 1.807) is 0 Å². The van der Waals surface area contributed by atoms with E-state index in [1.807, 2.05) is 0 Å². The first-order chi connectivity index (χ1) is 12.7. The van der Waals surface area contributed by atoms with Gasteiger partial charge in [-0.15, -0.1) is 0 Å². The highest BCUT2D eigenvalue weighted by Crippen LogP contribution is 2.65. The van der Waals surface area contributed by atoms with Crippen LogP contribution in [0.2, 0.25) is 0 Å². The zero-order valence-electron chi connectivity index (χ0n) is 16.5. The zero-order chi connectivity index (χ0) is 19.6. The number of Topliss-reactive ketones (excluding diaryl/α,β-unsaturated/α-hetero) is 1. The number of hydrogen-bond donors (Lipinski definition) is 0. The highest BCUT2D eigenvalue weighted by atomic mass is 16.6. The smallest absolute Gasteiger partial charge is 0.302 e. The number of ketones is 1. The molecule has 0 aromatic heterocycles. The van der Waals surface area contributed by atoms with Crippen LogP contribution in [0, 0.1) is 38.7 Å². The lowest BCUT2D eigenvalue weighted by atomic mass is 9.47. The van der Waals surface area contributed by atoms with E-state index in [2.05, 4.69) is 13.8 Å². The van der Waals surface area contributed by atoms with E-state index in [0.29, 0.717) is 36.7 Å². The van der Waals surface area contributed by atoms with E-state index in [1.165, 1.54) is 6.92 Å². The van der Waals surface area contributed by atoms with Crippen LogP contribution in [0.25, 0.3) is 0 Å². The van der Waals surface area contributed by atoms with Crippen molar-refractivity contribution in [3.63, 3.8) is 0 Å². The summed E-state index contributed by atoms with van der Waals surface area (Å²) in [5, 5.41) is 12.0. The summed E-state index contributed by atoms with van der Waals surface area (Å²) in [6, 6.07) is 0. The number of fused-ring (bicyclic) bond motifs is 5. The van der Waals surface area contributed by atoms with Crippen LogP contribution in [-0.4, -0.2) is 22.8 Å². The molecule has 0 spiro atoms. The Morgan fingerprint density at radius 1 is 1.11 bits per heavy atom. The summed E-state index contributed by atoms with van der Waals surface area (Å²) in [6.07, 6.45) is 5.64. The zero-order valence-corrected chi connectivity index (χ0v) is 16.5. The summed E-state index contributed by atoms with van der Waals surface area (Å²) in [4.78, 5) is 35.7. The molecular formula is C21H29NO5. The fourth-order valence-corrected chi connectivity index (χ4v) is 7.03. The van der Waals surface area contributed by atoms with Gasteiger partial charge in [0.05, 0.1) is 4.92 Å². The Kier molecular flexibility index (Phi) is 4.24. The molecule has 148 valence electrons. The standard InChI is InChI=1S/C21H29NO5/c1-12(23)27-13-6-8-20(2)16-7-9-21(3)15(4-5-19(21)24)14(16)11-18(22(25)26)17(20)10-13/h13-16H,4-11H2,1-3H3/t13-,14-,15-,16-,20+,21-/m0/s1. The molecule has 0 aliphatic heterocycles. The van der Waals surface area contributed by atoms with Crippen molar-refractivity contribution in [2.24, 2.45) is 28.6 Å². The Labute approximate surface area is 159 Å². The molecule has 0 aromatic rings. The Morgan fingerprint density at radius 2 is 1.78 bits per heavy atom. The molecule has 6 nitrogen and oxygen atoms in total. The molecular weight excluding hydrogens is 346 g/mol. The molecule has 4 aliphatic rings. The van der Waals surface area contributed by atoms with Crippen LogP contribution in [-0.2, 0) is 14.3 Å². The van der Waals surface area contributed by atoms with Gasteiger partial charge in [0.15, 0.2) is 0 Å². The van der Waals surface area contributed by atoms with Crippen molar-refractivity contribution < 1.29 is 19.2 Å². The fraction of sp³-hybridized carbons (Fsp3) is 0.810. The minimum atomic E-state index is -0.321. The van der Waals surface area contributed by atoms with Gasteiger partial charge in [-0.2, -0.15) is 0 Å². The van der Waals surface area contributed by atoms with E-state index >= 15 is 0 Å². The molecule has 3 saturated carbocycles. The number of nitrogens with zero attached hydrogens (tertiary/aromatic N) is 1. The van der Waals surface area contributed by atoms with Gasteiger partial charge >= 0.3 is 5.97 Å². The molecule has 6 atom stereocenters. The second kappa shape index (κ2) is 6.14. The van der Waals surface area contributed by atoms with Gasteiger partial charge in [0, 0.05) is 37.2 Å². The van der Waals surface area contributed by atoms with Gasteiger partial charge in [-0.05, 0) is 55.3 Å². The van der Waals surface area contributed by atoms with Gasteiger partial charge in [0.2, 0.25) is 5.70 Å². The lowest BCUT2D eigenvalue weighted by molar-refractivity contribution is -0.434. The van der Waals surface area contributed by atoms with Crippen molar-refractivity contribution in [2.45, 2.75) is 78.2 Å². The fourth-order valence-electron chi connectivity index (χ4n) is 7.03. The molecule has 3 fully saturated rings. The van der Waals surface area contributed by atoms with Crippen molar-refractivity contribution >= 4 is 11.8 Å². The second-order valence-electron chi connectivity index (χ2n) is 9.57. The van der Waals surface area contributed by atoms with Crippen molar-refractivity contribution in [1.29, 1.82) is 0 Å². The third-order valence-electron chi connectivity index (χ3n) is 8.40. The van der Waals surface area contributed by atoms with E-state index in [4.69, 9.17) is 4.74 Å². The molecule has 0 aromatic carbocycles. The maximum atomic E-state index is 12.5. The third kappa shape index (κ3) is 2.66. The van der Waals surface area contributed by atoms with Crippen LogP contribution in [0.5, 0.6) is 0 Å². The molecule has 0 N–H and O–H groups in total. The molecule has 0 unspecified atom stereocenters. The number of nitro groups is 1. The van der Waals surface area contributed by atoms with Crippen LogP contribution < -0.4 is 0 Å². The van der Waals surface area contributed by atoms with Crippen molar-refractivity contribution in [3.8, 4) is 0 Å². The molecule has 0 heterocycles. The predicted molar refractivity (Wildman–Crippen MR) is 98.2 cm³/mol. The van der Waals surface area contributed by atoms with Gasteiger partial charge in [-0.25, -0.2) is 0 Å². The Balaban J connectivity index is 1.73. The molecule has 6 heteroatoms. The SMILES string of the molecule is CC(=O)O[C@H]1CC[C@@]2(C)C(=C([N+](=O)[O-])C[C@@H]3[C@@H]2CC[C@]2(C)C(=O)CC[C@@H]32)C1. The summed E-state index contributed by atoms with van der Waals surface area (Å²) >= 11 is 0. The lowest BCUT2D eigenvalue weighted by Gasteiger charge is -2.56. The predicted octanol–water partition coefficient (Wildman–Crippen LogP) is 4.05. The monoisotopic (exact) mass is 375 g/mol. The number of carbonyl (C=O) groups excluding carboxylic acids is 2. The van der Waals surface area contributed by atoms with Gasteiger partial charge in [-0.3, -0.25) is 19.7 Å². The van der Waals surface area contributed by atoms with Crippen molar-refractivity contribution in [3.05, 3.63) is 21.4 Å². The first-order valence-electron chi connectivity index (χ1n) is 10.2. The lowest BCUT2D eigenvalue weighted by Crippen LogP contribution is -2.52. The van der Waals surface area contributed by atoms with Crippen LogP contribution in [0.15, 0.2) is 11.3 Å². The van der Waals surface area contributed by atoms with Crippen LogP contribution >= 0.6 is 0 Å². The molecule has 0 radical (unpaired) electrons. The summed E-state index contributed by atoms with van der Waals surface area (Å²) in [5.41, 5.74) is 0.735. The number of ether oxygens (including phenoxy) is 1. The maximum Gasteiger partial charge on any atom is 0.302 e. The van der Waals surface area contributed by atoms with Crippen LogP contribution in [0.3, 0.4) is 0 Å². The van der Waals surface area contributed by atoms with Crippen molar-refractivity contribution in [1.82, 2.24) is 0 Å². The Bertz CT molecular complexity index is 743.